The number of carbonyl (C=O) groups excluding carboxylic acids is 2. The van der Waals surface area contributed by atoms with Crippen LogP contribution in [0.5, 0.6) is 0 Å². The first-order valence-corrected chi connectivity index (χ1v) is 7.38. The maximum atomic E-state index is 12.3. The van der Waals surface area contributed by atoms with E-state index < -0.39 is 0 Å². The van der Waals surface area contributed by atoms with Crippen molar-refractivity contribution in [2.75, 3.05) is 18.4 Å². The lowest BCUT2D eigenvalue weighted by Crippen LogP contribution is -2.47. The third kappa shape index (κ3) is 4.04. The number of hydrogen-bond acceptors (Lipinski definition) is 3. The molecule has 1 atom stereocenters. The average molecular weight is 289 g/mol. The molecule has 0 saturated carbocycles. The Morgan fingerprint density at radius 3 is 2.33 bits per heavy atom. The summed E-state index contributed by atoms with van der Waals surface area (Å²) >= 11 is 0. The molecule has 3 N–H and O–H groups in total. The second kappa shape index (κ2) is 6.72. The fraction of sp³-hybridized carbons (Fsp3) is 0.500. The molecule has 1 aliphatic rings. The normalized spacial score (nSPS) is 18.2. The maximum absolute atomic E-state index is 12.3. The number of amides is 2. The number of primary amides is 1. The average Bonchev–Trinajstić information content (AvgIpc) is 2.49. The summed E-state index contributed by atoms with van der Waals surface area (Å²) in [4.78, 5) is 25.5. The topological polar surface area (TPSA) is 75.4 Å². The number of carbonyl (C=O) groups is 2. The molecule has 1 fully saturated rings. The summed E-state index contributed by atoms with van der Waals surface area (Å²) in [5.41, 5.74) is 7.30. The van der Waals surface area contributed by atoms with E-state index >= 15 is 0 Å². The monoisotopic (exact) mass is 289 g/mol. The molecule has 1 unspecified atom stereocenters. The van der Waals surface area contributed by atoms with E-state index in [-0.39, 0.29) is 23.8 Å². The summed E-state index contributed by atoms with van der Waals surface area (Å²) in [6.45, 7) is 5.37. The number of likely N-dealkylation sites (tertiary alicyclic amines) is 1. The first-order chi connectivity index (χ1) is 9.97. The molecular weight excluding hydrogens is 266 g/mol. The highest BCUT2D eigenvalue weighted by molar-refractivity contribution is 5.94. The summed E-state index contributed by atoms with van der Waals surface area (Å²) in [7, 11) is 0. The van der Waals surface area contributed by atoms with E-state index in [4.69, 9.17) is 5.73 Å². The highest BCUT2D eigenvalue weighted by Crippen LogP contribution is 2.19. The molecule has 21 heavy (non-hydrogen) atoms. The van der Waals surface area contributed by atoms with E-state index in [1.807, 2.05) is 38.1 Å². The van der Waals surface area contributed by atoms with Crippen LogP contribution in [0.4, 0.5) is 5.69 Å². The number of nitrogens with two attached hydrogens (primary N) is 1. The Hall–Kier alpha value is -1.88. The predicted molar refractivity (Wildman–Crippen MR) is 82.8 cm³/mol. The highest BCUT2D eigenvalue weighted by Gasteiger charge is 2.28. The van der Waals surface area contributed by atoms with E-state index in [0.29, 0.717) is 0 Å². The Labute approximate surface area is 125 Å². The van der Waals surface area contributed by atoms with Gasteiger partial charge in [0.2, 0.25) is 11.8 Å². The van der Waals surface area contributed by atoms with Gasteiger partial charge in [0.05, 0.1) is 6.04 Å². The zero-order valence-electron chi connectivity index (χ0n) is 12.6. The zero-order chi connectivity index (χ0) is 15.4. The van der Waals surface area contributed by atoms with Crippen molar-refractivity contribution in [1.82, 2.24) is 4.90 Å². The van der Waals surface area contributed by atoms with Crippen LogP contribution in [0.2, 0.25) is 0 Å². The standard InChI is InChI=1S/C16H23N3O2/c1-11-3-5-14(6-4-11)18-16(21)12(2)19-9-7-13(8-10-19)15(17)20/h3-6,12-13H,7-10H2,1-2H3,(H2,17,20)(H,18,21). The van der Waals surface area contributed by atoms with Crippen molar-refractivity contribution < 1.29 is 9.59 Å². The van der Waals surface area contributed by atoms with Crippen molar-refractivity contribution in [2.24, 2.45) is 11.7 Å². The number of nitrogens with zero attached hydrogens (tertiary/aromatic N) is 1. The molecule has 1 saturated heterocycles. The van der Waals surface area contributed by atoms with Gasteiger partial charge in [-0.1, -0.05) is 17.7 Å². The van der Waals surface area contributed by atoms with Crippen molar-refractivity contribution in [3.05, 3.63) is 29.8 Å². The molecule has 0 spiro atoms. The Bertz CT molecular complexity index is 505. The van der Waals surface area contributed by atoms with Gasteiger partial charge in [0.15, 0.2) is 0 Å². The minimum absolute atomic E-state index is 0.0172. The molecule has 114 valence electrons. The molecule has 2 rings (SSSR count). The number of piperidine rings is 1. The van der Waals surface area contributed by atoms with Crippen LogP contribution in [-0.2, 0) is 9.59 Å². The molecule has 2 amide bonds. The second-order valence-electron chi connectivity index (χ2n) is 5.74. The lowest BCUT2D eigenvalue weighted by molar-refractivity contribution is -0.124. The SMILES string of the molecule is Cc1ccc(NC(=O)C(C)N2CCC(C(N)=O)CC2)cc1. The summed E-state index contributed by atoms with van der Waals surface area (Å²) in [5, 5.41) is 2.93. The first kappa shape index (κ1) is 15.5. The molecular formula is C16H23N3O2. The Morgan fingerprint density at radius 2 is 1.81 bits per heavy atom. The molecule has 1 aromatic carbocycles. The molecule has 1 heterocycles. The third-order valence-corrected chi connectivity index (χ3v) is 4.18. The molecule has 1 aliphatic heterocycles. The molecule has 1 aromatic rings. The van der Waals surface area contributed by atoms with Crippen molar-refractivity contribution >= 4 is 17.5 Å². The molecule has 0 radical (unpaired) electrons. The molecule has 0 bridgehead atoms. The van der Waals surface area contributed by atoms with Gasteiger partial charge in [-0.05, 0) is 51.9 Å². The molecule has 0 aromatic heterocycles. The fourth-order valence-electron chi connectivity index (χ4n) is 2.62. The van der Waals surface area contributed by atoms with Crippen molar-refractivity contribution in [1.29, 1.82) is 0 Å². The largest absolute Gasteiger partial charge is 0.369 e. The second-order valence-corrected chi connectivity index (χ2v) is 5.74. The van der Waals surface area contributed by atoms with Crippen LogP contribution in [0.15, 0.2) is 24.3 Å². The van der Waals surface area contributed by atoms with Crippen LogP contribution < -0.4 is 11.1 Å². The van der Waals surface area contributed by atoms with Gasteiger partial charge in [0.1, 0.15) is 0 Å². The number of rotatable bonds is 4. The molecule has 5 nitrogen and oxygen atoms in total. The summed E-state index contributed by atoms with van der Waals surface area (Å²) in [6, 6.07) is 7.54. The van der Waals surface area contributed by atoms with Gasteiger partial charge < -0.3 is 11.1 Å². The molecule has 0 aliphatic carbocycles. The zero-order valence-corrected chi connectivity index (χ0v) is 12.6. The summed E-state index contributed by atoms with van der Waals surface area (Å²) in [5.74, 6) is -0.295. The quantitative estimate of drug-likeness (QED) is 0.882. The number of hydrogen-bond donors (Lipinski definition) is 2. The minimum Gasteiger partial charge on any atom is -0.369 e. The summed E-state index contributed by atoms with van der Waals surface area (Å²) in [6.07, 6.45) is 1.47. The lowest BCUT2D eigenvalue weighted by Gasteiger charge is -2.34. The van der Waals surface area contributed by atoms with Crippen LogP contribution in [-0.4, -0.2) is 35.8 Å². The van der Waals surface area contributed by atoms with Crippen LogP contribution in [0.3, 0.4) is 0 Å². The van der Waals surface area contributed by atoms with Gasteiger partial charge >= 0.3 is 0 Å². The number of anilines is 1. The molecule has 5 heteroatoms. The minimum atomic E-state index is -0.230. The lowest BCUT2D eigenvalue weighted by atomic mass is 9.95. The van der Waals surface area contributed by atoms with Gasteiger partial charge in [-0.2, -0.15) is 0 Å². The van der Waals surface area contributed by atoms with Crippen molar-refractivity contribution in [2.45, 2.75) is 32.7 Å². The van der Waals surface area contributed by atoms with E-state index in [1.165, 1.54) is 0 Å². The predicted octanol–water partition coefficient (Wildman–Crippen LogP) is 1.52. The van der Waals surface area contributed by atoms with Gasteiger partial charge in [0, 0.05) is 11.6 Å². The third-order valence-electron chi connectivity index (χ3n) is 4.18. The van der Waals surface area contributed by atoms with Crippen LogP contribution >= 0.6 is 0 Å². The Balaban J connectivity index is 1.88. The van der Waals surface area contributed by atoms with E-state index in [1.54, 1.807) is 0 Å². The number of nitrogens with one attached hydrogen (secondary N) is 1. The Kier molecular flexibility index (Phi) is 4.96. The van der Waals surface area contributed by atoms with E-state index in [2.05, 4.69) is 10.2 Å². The van der Waals surface area contributed by atoms with Crippen molar-refractivity contribution in [3.8, 4) is 0 Å². The van der Waals surface area contributed by atoms with E-state index in [0.717, 1.165) is 37.2 Å². The van der Waals surface area contributed by atoms with Gasteiger partial charge in [0.25, 0.3) is 0 Å². The van der Waals surface area contributed by atoms with Crippen LogP contribution in [0, 0.1) is 12.8 Å². The van der Waals surface area contributed by atoms with Crippen LogP contribution in [0.1, 0.15) is 25.3 Å². The van der Waals surface area contributed by atoms with Gasteiger partial charge in [-0.25, -0.2) is 0 Å². The Morgan fingerprint density at radius 1 is 1.24 bits per heavy atom. The first-order valence-electron chi connectivity index (χ1n) is 7.38. The fourth-order valence-corrected chi connectivity index (χ4v) is 2.62. The summed E-state index contributed by atoms with van der Waals surface area (Å²) < 4.78 is 0. The highest BCUT2D eigenvalue weighted by atomic mass is 16.2. The van der Waals surface area contributed by atoms with Crippen molar-refractivity contribution in [3.63, 3.8) is 0 Å². The van der Waals surface area contributed by atoms with Gasteiger partial charge in [-0.3, -0.25) is 14.5 Å². The van der Waals surface area contributed by atoms with Crippen LogP contribution in [0.25, 0.3) is 0 Å². The van der Waals surface area contributed by atoms with E-state index in [9.17, 15) is 9.59 Å². The van der Waals surface area contributed by atoms with Gasteiger partial charge in [-0.15, -0.1) is 0 Å². The number of benzene rings is 1. The maximum Gasteiger partial charge on any atom is 0.241 e. The number of aryl methyl sites for hydroxylation is 1. The smallest absolute Gasteiger partial charge is 0.241 e.